The molecule has 26 heavy (non-hydrogen) atoms. The third-order valence-corrected chi connectivity index (χ3v) is 4.31. The number of nitrogens with one attached hydrogen (secondary N) is 1. The molecule has 7 heteroatoms. The van der Waals surface area contributed by atoms with Gasteiger partial charge in [0.15, 0.2) is 5.82 Å². The first-order valence-electron chi connectivity index (χ1n) is 8.85. The molecule has 0 aliphatic carbocycles. The Kier molecular flexibility index (Phi) is 5.88. The van der Waals surface area contributed by atoms with E-state index in [-0.39, 0.29) is 12.1 Å². The second-order valence-electron chi connectivity index (χ2n) is 6.52. The molecule has 0 radical (unpaired) electrons. The average molecular weight is 355 g/mol. The molecule has 138 valence electrons. The van der Waals surface area contributed by atoms with Gasteiger partial charge >= 0.3 is 6.03 Å². The van der Waals surface area contributed by atoms with Crippen LogP contribution in [-0.2, 0) is 6.42 Å². The minimum Gasteiger partial charge on any atom is -0.470 e. The number of urea groups is 1. The quantitative estimate of drug-likeness (QED) is 0.858. The first kappa shape index (κ1) is 18.0. The summed E-state index contributed by atoms with van der Waals surface area (Å²) in [6.45, 7) is 1.86. The first-order valence-corrected chi connectivity index (χ1v) is 8.85. The van der Waals surface area contributed by atoms with Crippen LogP contribution in [0.25, 0.3) is 0 Å². The summed E-state index contributed by atoms with van der Waals surface area (Å²) in [7, 11) is 3.80. The fourth-order valence-corrected chi connectivity index (χ4v) is 2.94. The summed E-state index contributed by atoms with van der Waals surface area (Å²) in [5.41, 5.74) is 1.22. The molecule has 2 aromatic rings. The molecule has 3 rings (SSSR count). The van der Waals surface area contributed by atoms with Crippen LogP contribution in [0.15, 0.2) is 42.7 Å². The summed E-state index contributed by atoms with van der Waals surface area (Å²) in [5, 5.41) is 2.98. The van der Waals surface area contributed by atoms with E-state index in [1.807, 2.05) is 37.2 Å². The Morgan fingerprint density at radius 3 is 2.81 bits per heavy atom. The van der Waals surface area contributed by atoms with Crippen LogP contribution in [-0.4, -0.2) is 60.7 Å². The van der Waals surface area contributed by atoms with Crippen molar-refractivity contribution in [3.63, 3.8) is 0 Å². The summed E-state index contributed by atoms with van der Waals surface area (Å²) in [6.07, 6.45) is 4.81. The molecular formula is C19H25N5O2. The largest absolute Gasteiger partial charge is 0.470 e. The Bertz CT molecular complexity index is 723. The molecule has 1 unspecified atom stereocenters. The van der Waals surface area contributed by atoms with Gasteiger partial charge in [0.2, 0.25) is 0 Å². The number of anilines is 1. The minimum absolute atomic E-state index is 0.0426. The number of hydrogen-bond donors (Lipinski definition) is 1. The highest BCUT2D eigenvalue weighted by molar-refractivity contribution is 5.74. The molecule has 1 fully saturated rings. The van der Waals surface area contributed by atoms with Gasteiger partial charge in [-0.1, -0.05) is 30.3 Å². The highest BCUT2D eigenvalue weighted by Crippen LogP contribution is 2.24. The second-order valence-corrected chi connectivity index (χ2v) is 6.52. The smallest absolute Gasteiger partial charge is 0.317 e. The molecule has 1 atom stereocenters. The lowest BCUT2D eigenvalue weighted by Crippen LogP contribution is -2.40. The van der Waals surface area contributed by atoms with Crippen molar-refractivity contribution in [3.05, 3.63) is 48.3 Å². The van der Waals surface area contributed by atoms with Crippen molar-refractivity contribution in [1.82, 2.24) is 20.2 Å². The molecule has 1 aromatic carbocycles. The topological polar surface area (TPSA) is 70.6 Å². The zero-order valence-corrected chi connectivity index (χ0v) is 15.3. The van der Waals surface area contributed by atoms with Crippen molar-refractivity contribution in [2.75, 3.05) is 38.6 Å². The van der Waals surface area contributed by atoms with E-state index in [2.05, 4.69) is 27.4 Å². The first-order chi connectivity index (χ1) is 12.6. The Morgan fingerprint density at radius 1 is 1.27 bits per heavy atom. The number of hydrogen-bond acceptors (Lipinski definition) is 5. The van der Waals surface area contributed by atoms with Gasteiger partial charge in [-0.15, -0.1) is 0 Å². The second kappa shape index (κ2) is 8.51. The van der Waals surface area contributed by atoms with E-state index >= 15 is 0 Å². The van der Waals surface area contributed by atoms with Crippen LogP contribution in [0.5, 0.6) is 5.88 Å². The van der Waals surface area contributed by atoms with E-state index in [4.69, 9.17) is 4.74 Å². The van der Waals surface area contributed by atoms with E-state index < -0.39 is 0 Å². The van der Waals surface area contributed by atoms with Gasteiger partial charge in [0.05, 0.1) is 6.54 Å². The monoisotopic (exact) mass is 355 g/mol. The number of ether oxygens (including phenoxy) is 1. The Balaban J connectivity index is 1.47. The predicted molar refractivity (Wildman–Crippen MR) is 101 cm³/mol. The molecule has 2 amide bonds. The molecular weight excluding hydrogens is 330 g/mol. The zero-order valence-electron chi connectivity index (χ0n) is 15.3. The maximum atomic E-state index is 12.3. The highest BCUT2D eigenvalue weighted by atomic mass is 16.5. The van der Waals surface area contributed by atoms with E-state index in [0.29, 0.717) is 31.3 Å². The third-order valence-electron chi connectivity index (χ3n) is 4.31. The SMILES string of the molecule is CN(C)c1nccnc1OC1CCN(C(=O)NCCc2ccccc2)C1. The van der Waals surface area contributed by atoms with Crippen LogP contribution in [0, 0.1) is 0 Å². The van der Waals surface area contributed by atoms with E-state index in [1.54, 1.807) is 17.3 Å². The number of nitrogens with zero attached hydrogens (tertiary/aromatic N) is 4. The fraction of sp³-hybridized carbons (Fsp3) is 0.421. The lowest BCUT2D eigenvalue weighted by Gasteiger charge is -2.19. The highest BCUT2D eigenvalue weighted by Gasteiger charge is 2.28. The maximum absolute atomic E-state index is 12.3. The van der Waals surface area contributed by atoms with Gasteiger partial charge in [-0.25, -0.2) is 14.8 Å². The Morgan fingerprint density at radius 2 is 2.04 bits per heavy atom. The molecule has 0 saturated carbocycles. The van der Waals surface area contributed by atoms with Gasteiger partial charge in [0, 0.05) is 46.0 Å². The molecule has 7 nitrogen and oxygen atoms in total. The Labute approximate surface area is 154 Å². The van der Waals surface area contributed by atoms with Crippen molar-refractivity contribution >= 4 is 11.8 Å². The van der Waals surface area contributed by atoms with Gasteiger partial charge in [-0.3, -0.25) is 0 Å². The minimum atomic E-state index is -0.0646. The molecule has 0 bridgehead atoms. The summed E-state index contributed by atoms with van der Waals surface area (Å²) in [5.74, 6) is 1.20. The summed E-state index contributed by atoms with van der Waals surface area (Å²) in [4.78, 5) is 24.6. The van der Waals surface area contributed by atoms with Gasteiger partial charge in [-0.2, -0.15) is 0 Å². The van der Waals surface area contributed by atoms with Gasteiger partial charge in [-0.05, 0) is 12.0 Å². The number of rotatable bonds is 6. The molecule has 1 saturated heterocycles. The van der Waals surface area contributed by atoms with Crippen LogP contribution in [0.1, 0.15) is 12.0 Å². The van der Waals surface area contributed by atoms with Crippen molar-refractivity contribution in [1.29, 1.82) is 0 Å². The third kappa shape index (κ3) is 4.62. The molecule has 1 aliphatic rings. The van der Waals surface area contributed by atoms with E-state index in [9.17, 15) is 4.79 Å². The van der Waals surface area contributed by atoms with Crippen LogP contribution >= 0.6 is 0 Å². The maximum Gasteiger partial charge on any atom is 0.317 e. The predicted octanol–water partition coefficient (Wildman–Crippen LogP) is 1.95. The number of benzene rings is 1. The Hall–Kier alpha value is -2.83. The number of carbonyl (C=O) groups excluding carboxylic acids is 1. The van der Waals surface area contributed by atoms with Crippen LogP contribution in [0.4, 0.5) is 10.6 Å². The van der Waals surface area contributed by atoms with Gasteiger partial charge in [0.25, 0.3) is 5.88 Å². The van der Waals surface area contributed by atoms with E-state index in [1.165, 1.54) is 5.56 Å². The summed E-state index contributed by atoms with van der Waals surface area (Å²) in [6, 6.07) is 10.1. The van der Waals surface area contributed by atoms with Gasteiger partial charge in [0.1, 0.15) is 6.10 Å². The summed E-state index contributed by atoms with van der Waals surface area (Å²) < 4.78 is 5.99. The molecule has 1 N–H and O–H groups in total. The normalized spacial score (nSPS) is 16.4. The number of aromatic nitrogens is 2. The molecule has 1 aliphatic heterocycles. The number of amides is 2. The van der Waals surface area contributed by atoms with Crippen LogP contribution in [0.3, 0.4) is 0 Å². The van der Waals surface area contributed by atoms with Crippen molar-refractivity contribution < 1.29 is 9.53 Å². The van der Waals surface area contributed by atoms with Crippen LogP contribution in [0.2, 0.25) is 0 Å². The standard InChI is InChI=1S/C19H25N5O2/c1-23(2)17-18(21-12-11-20-17)26-16-9-13-24(14-16)19(25)22-10-8-15-6-4-3-5-7-15/h3-7,11-12,16H,8-10,13-14H2,1-2H3,(H,22,25). The lowest BCUT2D eigenvalue weighted by molar-refractivity contribution is 0.183. The molecule has 1 aromatic heterocycles. The number of carbonyl (C=O) groups is 1. The fourth-order valence-electron chi connectivity index (χ4n) is 2.94. The van der Waals surface area contributed by atoms with Crippen LogP contribution < -0.4 is 15.0 Å². The van der Waals surface area contributed by atoms with Gasteiger partial charge < -0.3 is 19.9 Å². The number of likely N-dealkylation sites (tertiary alicyclic amines) is 1. The van der Waals surface area contributed by atoms with Crippen molar-refractivity contribution in [2.24, 2.45) is 0 Å². The molecule has 2 heterocycles. The molecule has 0 spiro atoms. The van der Waals surface area contributed by atoms with Crippen molar-refractivity contribution in [3.8, 4) is 5.88 Å². The lowest BCUT2D eigenvalue weighted by atomic mass is 10.1. The zero-order chi connectivity index (χ0) is 18.4. The van der Waals surface area contributed by atoms with E-state index in [0.717, 1.165) is 12.8 Å². The summed E-state index contributed by atoms with van der Waals surface area (Å²) >= 11 is 0. The average Bonchev–Trinajstić information content (AvgIpc) is 3.11. The van der Waals surface area contributed by atoms with Crippen molar-refractivity contribution in [2.45, 2.75) is 18.9 Å².